The molecule has 0 aromatic carbocycles. The van der Waals surface area contributed by atoms with E-state index in [4.69, 9.17) is 18.2 Å². The van der Waals surface area contributed by atoms with E-state index in [1.165, 1.54) is 0 Å². The minimum Gasteiger partial charge on any atom is -0.284 e. The Labute approximate surface area is 115 Å². The third-order valence-corrected chi connectivity index (χ3v) is 7.95. The van der Waals surface area contributed by atoms with Gasteiger partial charge in [-0.25, -0.2) is 0 Å². The third kappa shape index (κ3) is 8.74. The van der Waals surface area contributed by atoms with E-state index in [9.17, 15) is 33.7 Å². The maximum atomic E-state index is 9.99. The highest BCUT2D eigenvalue weighted by Gasteiger charge is 2.30. The fourth-order valence-corrected chi connectivity index (χ4v) is 2.77. The van der Waals surface area contributed by atoms with E-state index in [1.54, 1.807) is 0 Å². The molecule has 0 aliphatic carbocycles. The van der Waals surface area contributed by atoms with E-state index in [1.807, 2.05) is 0 Å². The normalized spacial score (nSPS) is 14.0. The van der Waals surface area contributed by atoms with Gasteiger partial charge in [-0.05, 0) is 13.8 Å². The first-order chi connectivity index (χ1) is 8.31. The van der Waals surface area contributed by atoms with E-state index in [0.717, 1.165) is 0 Å². The smallest absolute Gasteiger partial charge is 0.284 e. The SMILES string of the molecule is CC(S(=O)(=O)O)S(=O)(=O)O.CC(S(=O)(=O)O)S(=O)(=O)O. The van der Waals surface area contributed by atoms with Gasteiger partial charge in [-0.15, -0.1) is 0 Å². The zero-order valence-electron chi connectivity index (χ0n) is 9.84. The topological polar surface area (TPSA) is 217 Å². The summed E-state index contributed by atoms with van der Waals surface area (Å²) in [4.78, 5) is 0. The molecule has 0 aliphatic rings. The van der Waals surface area contributed by atoms with Crippen molar-refractivity contribution in [1.82, 2.24) is 0 Å². The summed E-state index contributed by atoms with van der Waals surface area (Å²) in [5.74, 6) is 0. The molecule has 0 fully saturated rings. The quantitative estimate of drug-likeness (QED) is 0.398. The average molecular weight is 380 g/mol. The highest BCUT2D eigenvalue weighted by atomic mass is 32.3. The predicted octanol–water partition coefficient (Wildman–Crippen LogP) is -1.78. The van der Waals surface area contributed by atoms with Crippen LogP contribution in [0.2, 0.25) is 0 Å². The molecule has 4 N–H and O–H groups in total. The summed E-state index contributed by atoms with van der Waals surface area (Å²) >= 11 is 0. The summed E-state index contributed by atoms with van der Waals surface area (Å²) in [7, 11) is -18.8. The molecule has 0 spiro atoms. The standard InChI is InChI=1S/2C2H6O6S2/c2*1-2(9(3,4)5)10(6,7)8/h2*2H,1H3,(H,3,4,5)(H,6,7,8). The van der Waals surface area contributed by atoms with Crippen LogP contribution in [0.4, 0.5) is 0 Å². The van der Waals surface area contributed by atoms with Crippen LogP contribution in [-0.4, -0.2) is 61.0 Å². The fourth-order valence-electron chi connectivity index (χ4n) is 0.307. The summed E-state index contributed by atoms with van der Waals surface area (Å²) in [6.07, 6.45) is 0. The van der Waals surface area contributed by atoms with Gasteiger partial charge in [0.25, 0.3) is 40.5 Å². The molecule has 124 valence electrons. The maximum absolute atomic E-state index is 9.99. The Kier molecular flexibility index (Phi) is 7.24. The monoisotopic (exact) mass is 380 g/mol. The molecule has 0 saturated heterocycles. The number of hydrogen-bond donors (Lipinski definition) is 4. The van der Waals surface area contributed by atoms with Crippen molar-refractivity contribution < 1.29 is 51.9 Å². The molecule has 0 aliphatic heterocycles. The van der Waals surface area contributed by atoms with Crippen molar-refractivity contribution >= 4 is 40.5 Å². The summed E-state index contributed by atoms with van der Waals surface area (Å²) < 4.78 is 108. The van der Waals surface area contributed by atoms with Gasteiger partial charge in [0.1, 0.15) is 0 Å². The number of rotatable bonds is 4. The zero-order valence-corrected chi connectivity index (χ0v) is 13.1. The van der Waals surface area contributed by atoms with Crippen LogP contribution in [0.15, 0.2) is 0 Å². The van der Waals surface area contributed by atoms with Crippen molar-refractivity contribution in [3.8, 4) is 0 Å². The molecule has 16 heteroatoms. The second kappa shape index (κ2) is 6.60. The van der Waals surface area contributed by atoms with Gasteiger partial charge < -0.3 is 0 Å². The molecule has 0 rings (SSSR count). The molecule has 12 nitrogen and oxygen atoms in total. The molecule has 0 atom stereocenters. The minimum atomic E-state index is -4.70. The molecule has 0 amide bonds. The van der Waals surface area contributed by atoms with Crippen LogP contribution in [0.1, 0.15) is 13.8 Å². The maximum Gasteiger partial charge on any atom is 0.284 e. The second-order valence-electron chi connectivity index (χ2n) is 3.20. The third-order valence-electron chi connectivity index (χ3n) is 1.68. The van der Waals surface area contributed by atoms with Crippen LogP contribution in [-0.2, 0) is 40.5 Å². The summed E-state index contributed by atoms with van der Waals surface area (Å²) in [6.45, 7) is 1.31. The summed E-state index contributed by atoms with van der Waals surface area (Å²) in [5.41, 5.74) is 0. The first kappa shape index (κ1) is 21.9. The Hall–Kier alpha value is -0.360. The van der Waals surface area contributed by atoms with Gasteiger partial charge in [0.05, 0.1) is 0 Å². The van der Waals surface area contributed by atoms with Crippen molar-refractivity contribution in [2.45, 2.75) is 23.0 Å². The van der Waals surface area contributed by atoms with Crippen LogP contribution in [0, 0.1) is 0 Å². The van der Waals surface area contributed by atoms with Crippen molar-refractivity contribution in [1.29, 1.82) is 0 Å². The van der Waals surface area contributed by atoms with Gasteiger partial charge in [0, 0.05) is 0 Å². The molecule has 0 heterocycles. The van der Waals surface area contributed by atoms with Crippen LogP contribution in [0.5, 0.6) is 0 Å². The Morgan fingerprint density at radius 2 is 0.600 bits per heavy atom. The van der Waals surface area contributed by atoms with E-state index >= 15 is 0 Å². The molecule has 20 heavy (non-hydrogen) atoms. The minimum absolute atomic E-state index is 0.657. The average Bonchev–Trinajstić information content (AvgIpc) is 2.10. The van der Waals surface area contributed by atoms with Crippen molar-refractivity contribution in [3.05, 3.63) is 0 Å². The largest absolute Gasteiger partial charge is 0.284 e. The predicted molar refractivity (Wildman–Crippen MR) is 65.1 cm³/mol. The van der Waals surface area contributed by atoms with Gasteiger partial charge in [-0.1, -0.05) is 0 Å². The van der Waals surface area contributed by atoms with Crippen molar-refractivity contribution in [3.63, 3.8) is 0 Å². The fraction of sp³-hybridized carbons (Fsp3) is 1.00. The Morgan fingerprint density at radius 1 is 0.500 bits per heavy atom. The molecule has 0 unspecified atom stereocenters. The molecule has 0 aromatic heterocycles. The molecule has 0 saturated carbocycles. The van der Waals surface area contributed by atoms with Crippen LogP contribution in [0.25, 0.3) is 0 Å². The lowest BCUT2D eigenvalue weighted by Gasteiger charge is -2.01. The lowest BCUT2D eigenvalue weighted by molar-refractivity contribution is 0.454. The Bertz CT molecular complexity index is 591. The highest BCUT2D eigenvalue weighted by Crippen LogP contribution is 2.04. The van der Waals surface area contributed by atoms with Gasteiger partial charge in [-0.2, -0.15) is 33.7 Å². The van der Waals surface area contributed by atoms with Gasteiger partial charge in [0.15, 0.2) is 0 Å². The van der Waals surface area contributed by atoms with Gasteiger partial charge in [-0.3, -0.25) is 18.2 Å². The Balaban J connectivity index is 0. The van der Waals surface area contributed by atoms with E-state index in [0.29, 0.717) is 13.8 Å². The molecule has 0 bridgehead atoms. The molecule has 0 aromatic rings. The first-order valence-corrected chi connectivity index (χ1v) is 10.2. The van der Waals surface area contributed by atoms with E-state index in [2.05, 4.69) is 0 Å². The second-order valence-corrected chi connectivity index (χ2v) is 10.7. The number of hydrogen-bond acceptors (Lipinski definition) is 8. The summed E-state index contributed by atoms with van der Waals surface area (Å²) in [6, 6.07) is 0. The molecule has 0 radical (unpaired) electrons. The van der Waals surface area contributed by atoms with E-state index in [-0.39, 0.29) is 0 Å². The lowest BCUT2D eigenvalue weighted by Crippen LogP contribution is -2.25. The van der Waals surface area contributed by atoms with Gasteiger partial charge >= 0.3 is 0 Å². The van der Waals surface area contributed by atoms with E-state index < -0.39 is 49.6 Å². The summed E-state index contributed by atoms with van der Waals surface area (Å²) in [5, 5.41) is 0. The van der Waals surface area contributed by atoms with Crippen molar-refractivity contribution in [2.75, 3.05) is 0 Å². The Morgan fingerprint density at radius 3 is 0.600 bits per heavy atom. The van der Waals surface area contributed by atoms with Crippen LogP contribution < -0.4 is 0 Å². The van der Waals surface area contributed by atoms with Crippen molar-refractivity contribution in [2.24, 2.45) is 0 Å². The first-order valence-electron chi connectivity index (χ1n) is 4.16. The lowest BCUT2D eigenvalue weighted by atomic mass is 11.0. The zero-order chi connectivity index (χ0) is 17.2. The van der Waals surface area contributed by atoms with Crippen LogP contribution >= 0.6 is 0 Å². The van der Waals surface area contributed by atoms with Crippen LogP contribution in [0.3, 0.4) is 0 Å². The molecular weight excluding hydrogens is 368 g/mol. The highest BCUT2D eigenvalue weighted by molar-refractivity contribution is 8.04. The van der Waals surface area contributed by atoms with Gasteiger partial charge in [0.2, 0.25) is 9.16 Å². The molecular formula is C4H12O12S4.